The van der Waals surface area contributed by atoms with Gasteiger partial charge in [-0.2, -0.15) is 0 Å². The molecule has 0 aromatic heterocycles. The van der Waals surface area contributed by atoms with Crippen molar-refractivity contribution in [2.24, 2.45) is 5.92 Å². The van der Waals surface area contributed by atoms with Gasteiger partial charge in [0.2, 0.25) is 0 Å². The monoisotopic (exact) mass is 301 g/mol. The fraction of sp³-hybridized carbons (Fsp3) is 0.538. The van der Waals surface area contributed by atoms with Crippen LogP contribution < -0.4 is 10.1 Å². The average molecular weight is 302 g/mol. The zero-order valence-corrected chi connectivity index (χ0v) is 11.9. The molecule has 0 aliphatic rings. The van der Waals surface area contributed by atoms with E-state index in [1.165, 1.54) is 0 Å². The van der Waals surface area contributed by atoms with Gasteiger partial charge in [0.05, 0.1) is 6.10 Å². The summed E-state index contributed by atoms with van der Waals surface area (Å²) in [6.45, 7) is 5.96. The van der Waals surface area contributed by atoms with E-state index in [0.29, 0.717) is 13.2 Å². The summed E-state index contributed by atoms with van der Waals surface area (Å²) in [6.07, 6.45) is -0.289. The zero-order chi connectivity index (χ0) is 12.7. The molecule has 3 nitrogen and oxygen atoms in total. The molecule has 1 rings (SSSR count). The van der Waals surface area contributed by atoms with Crippen LogP contribution in [0.3, 0.4) is 0 Å². The quantitative estimate of drug-likeness (QED) is 0.760. The van der Waals surface area contributed by atoms with E-state index in [4.69, 9.17) is 4.74 Å². The fourth-order valence-corrected chi connectivity index (χ4v) is 1.52. The second kappa shape index (κ2) is 7.69. The third-order valence-electron chi connectivity index (χ3n) is 2.48. The molecule has 0 heterocycles. The van der Waals surface area contributed by atoms with Gasteiger partial charge in [-0.05, 0) is 30.2 Å². The average Bonchev–Trinajstić information content (AvgIpc) is 2.30. The summed E-state index contributed by atoms with van der Waals surface area (Å²) >= 11 is 3.37. The van der Waals surface area contributed by atoms with E-state index in [0.717, 1.165) is 16.8 Å². The Balaban J connectivity index is 2.10. The van der Waals surface area contributed by atoms with Crippen LogP contribution in [-0.2, 0) is 0 Å². The number of hydrogen-bond donors (Lipinski definition) is 2. The van der Waals surface area contributed by atoms with Gasteiger partial charge >= 0.3 is 0 Å². The zero-order valence-electron chi connectivity index (χ0n) is 10.3. The summed E-state index contributed by atoms with van der Waals surface area (Å²) in [5, 5.41) is 12.7. The van der Waals surface area contributed by atoms with Crippen LogP contribution in [0.5, 0.6) is 5.75 Å². The SMILES string of the molecule is CC(C)C(O)CNCCOc1ccc(Br)cc1. The lowest BCUT2D eigenvalue weighted by Crippen LogP contribution is -2.32. The predicted molar refractivity (Wildman–Crippen MR) is 73.4 cm³/mol. The molecule has 0 fully saturated rings. The molecular weight excluding hydrogens is 282 g/mol. The predicted octanol–water partition coefficient (Wildman–Crippen LogP) is 2.43. The Bertz CT molecular complexity index is 314. The standard InChI is InChI=1S/C13H20BrNO2/c1-10(2)13(16)9-15-7-8-17-12-5-3-11(14)4-6-12/h3-6,10,13,15-16H,7-9H2,1-2H3. The highest BCUT2D eigenvalue weighted by atomic mass is 79.9. The van der Waals surface area contributed by atoms with Crippen molar-refractivity contribution in [3.63, 3.8) is 0 Å². The van der Waals surface area contributed by atoms with Crippen molar-refractivity contribution in [1.29, 1.82) is 0 Å². The van der Waals surface area contributed by atoms with Crippen LogP contribution in [-0.4, -0.2) is 30.9 Å². The Hall–Kier alpha value is -0.580. The molecule has 1 aromatic carbocycles. The minimum absolute atomic E-state index is 0.287. The number of hydrogen-bond acceptors (Lipinski definition) is 3. The first-order chi connectivity index (χ1) is 8.09. The van der Waals surface area contributed by atoms with Gasteiger partial charge in [-0.1, -0.05) is 29.8 Å². The van der Waals surface area contributed by atoms with Gasteiger partial charge in [-0.15, -0.1) is 0 Å². The molecule has 17 heavy (non-hydrogen) atoms. The highest BCUT2D eigenvalue weighted by molar-refractivity contribution is 9.10. The van der Waals surface area contributed by atoms with Crippen molar-refractivity contribution in [1.82, 2.24) is 5.32 Å². The Morgan fingerprint density at radius 3 is 2.53 bits per heavy atom. The van der Waals surface area contributed by atoms with E-state index in [9.17, 15) is 5.11 Å². The summed E-state index contributed by atoms with van der Waals surface area (Å²) in [7, 11) is 0. The van der Waals surface area contributed by atoms with E-state index in [-0.39, 0.29) is 12.0 Å². The molecule has 0 bridgehead atoms. The first-order valence-corrected chi connectivity index (χ1v) is 6.66. The van der Waals surface area contributed by atoms with Crippen LogP contribution in [0.4, 0.5) is 0 Å². The second-order valence-corrected chi connectivity index (χ2v) is 5.23. The van der Waals surface area contributed by atoms with E-state index >= 15 is 0 Å². The maximum Gasteiger partial charge on any atom is 0.119 e. The second-order valence-electron chi connectivity index (χ2n) is 4.32. The van der Waals surface area contributed by atoms with E-state index in [1.54, 1.807) is 0 Å². The van der Waals surface area contributed by atoms with Crippen LogP contribution >= 0.6 is 15.9 Å². The van der Waals surface area contributed by atoms with Crippen molar-refractivity contribution in [3.05, 3.63) is 28.7 Å². The van der Waals surface area contributed by atoms with Gasteiger partial charge in [0.25, 0.3) is 0 Å². The topological polar surface area (TPSA) is 41.5 Å². The number of aliphatic hydroxyl groups excluding tert-OH is 1. The molecular formula is C13H20BrNO2. The van der Waals surface area contributed by atoms with Gasteiger partial charge in [0.1, 0.15) is 12.4 Å². The number of ether oxygens (including phenoxy) is 1. The fourth-order valence-electron chi connectivity index (χ4n) is 1.26. The van der Waals surface area contributed by atoms with Crippen LogP contribution in [0.2, 0.25) is 0 Å². The highest BCUT2D eigenvalue weighted by Crippen LogP contribution is 2.15. The van der Waals surface area contributed by atoms with Gasteiger partial charge in [0.15, 0.2) is 0 Å². The van der Waals surface area contributed by atoms with Gasteiger partial charge in [-0.25, -0.2) is 0 Å². The molecule has 96 valence electrons. The maximum atomic E-state index is 9.56. The van der Waals surface area contributed by atoms with Crippen molar-refractivity contribution < 1.29 is 9.84 Å². The van der Waals surface area contributed by atoms with Crippen LogP contribution in [0, 0.1) is 5.92 Å². The normalized spacial score (nSPS) is 12.8. The molecule has 0 saturated heterocycles. The number of aliphatic hydroxyl groups is 1. The lowest BCUT2D eigenvalue weighted by atomic mass is 10.1. The molecule has 0 radical (unpaired) electrons. The molecule has 2 N–H and O–H groups in total. The molecule has 0 amide bonds. The Morgan fingerprint density at radius 1 is 1.29 bits per heavy atom. The van der Waals surface area contributed by atoms with Gasteiger partial charge in [-0.3, -0.25) is 0 Å². The molecule has 4 heteroatoms. The Morgan fingerprint density at radius 2 is 1.94 bits per heavy atom. The molecule has 0 spiro atoms. The smallest absolute Gasteiger partial charge is 0.119 e. The lowest BCUT2D eigenvalue weighted by molar-refractivity contribution is 0.122. The third-order valence-corrected chi connectivity index (χ3v) is 3.01. The minimum Gasteiger partial charge on any atom is -0.492 e. The summed E-state index contributed by atoms with van der Waals surface area (Å²) in [5.41, 5.74) is 0. The number of nitrogens with one attached hydrogen (secondary N) is 1. The number of benzene rings is 1. The molecule has 0 saturated carbocycles. The summed E-state index contributed by atoms with van der Waals surface area (Å²) in [5.74, 6) is 1.15. The molecule has 0 aliphatic carbocycles. The third kappa shape index (κ3) is 6.05. The van der Waals surface area contributed by atoms with E-state index in [2.05, 4.69) is 21.2 Å². The summed E-state index contributed by atoms with van der Waals surface area (Å²) in [4.78, 5) is 0. The van der Waals surface area contributed by atoms with Crippen LogP contribution in [0.25, 0.3) is 0 Å². The Kier molecular flexibility index (Phi) is 6.55. The molecule has 0 aliphatic heterocycles. The van der Waals surface area contributed by atoms with Crippen molar-refractivity contribution in [2.45, 2.75) is 20.0 Å². The first kappa shape index (κ1) is 14.5. The van der Waals surface area contributed by atoms with Crippen molar-refractivity contribution in [2.75, 3.05) is 19.7 Å². The summed E-state index contributed by atoms with van der Waals surface area (Å²) < 4.78 is 6.58. The van der Waals surface area contributed by atoms with Crippen LogP contribution in [0.1, 0.15) is 13.8 Å². The largest absolute Gasteiger partial charge is 0.492 e. The molecule has 1 atom stereocenters. The maximum absolute atomic E-state index is 9.56. The van der Waals surface area contributed by atoms with Crippen molar-refractivity contribution >= 4 is 15.9 Å². The number of halogens is 1. The lowest BCUT2D eigenvalue weighted by Gasteiger charge is -2.15. The van der Waals surface area contributed by atoms with E-state index < -0.39 is 0 Å². The van der Waals surface area contributed by atoms with Crippen molar-refractivity contribution in [3.8, 4) is 5.75 Å². The highest BCUT2D eigenvalue weighted by Gasteiger charge is 2.07. The minimum atomic E-state index is -0.289. The number of rotatable bonds is 7. The first-order valence-electron chi connectivity index (χ1n) is 5.86. The molecule has 1 unspecified atom stereocenters. The van der Waals surface area contributed by atoms with Gasteiger partial charge < -0.3 is 15.2 Å². The van der Waals surface area contributed by atoms with Crippen LogP contribution in [0.15, 0.2) is 28.7 Å². The molecule has 1 aromatic rings. The Labute approximate surface area is 111 Å². The van der Waals surface area contributed by atoms with E-state index in [1.807, 2.05) is 38.1 Å². The summed E-state index contributed by atoms with van der Waals surface area (Å²) in [6, 6.07) is 7.75. The van der Waals surface area contributed by atoms with Gasteiger partial charge in [0, 0.05) is 17.6 Å².